The van der Waals surface area contributed by atoms with E-state index in [0.717, 1.165) is 47.3 Å². The van der Waals surface area contributed by atoms with Crippen LogP contribution in [0.2, 0.25) is 0 Å². The number of carbonyl (C=O) groups is 1. The predicted molar refractivity (Wildman–Crippen MR) is 68.4 cm³/mol. The van der Waals surface area contributed by atoms with Crippen molar-refractivity contribution in [2.75, 3.05) is 0 Å². The van der Waals surface area contributed by atoms with Crippen molar-refractivity contribution in [3.05, 3.63) is 22.5 Å². The summed E-state index contributed by atoms with van der Waals surface area (Å²) in [4.78, 5) is 11.9. The van der Waals surface area contributed by atoms with Gasteiger partial charge in [-0.25, -0.2) is 0 Å². The molecule has 18 heavy (non-hydrogen) atoms. The molecule has 1 heterocycles. The third-order valence-electron chi connectivity index (χ3n) is 4.70. The summed E-state index contributed by atoms with van der Waals surface area (Å²) in [6.07, 6.45) is 3.47. The van der Waals surface area contributed by atoms with Crippen LogP contribution in [0.15, 0.2) is 9.99 Å². The van der Waals surface area contributed by atoms with Crippen molar-refractivity contribution in [1.82, 2.24) is 0 Å². The van der Waals surface area contributed by atoms with Crippen LogP contribution < -0.4 is 0 Å². The number of allylic oxidation sites excluding steroid dienone is 2. The average Bonchev–Trinajstić information content (AvgIpc) is 2.60. The predicted octanol–water partition coefficient (Wildman–Crippen LogP) is 3.38. The molecule has 0 aromatic carbocycles. The minimum absolute atomic E-state index is 0.00238. The summed E-state index contributed by atoms with van der Waals surface area (Å²) in [6.45, 7) is 5.97. The highest BCUT2D eigenvalue weighted by atomic mass is 16.5. The molecule has 1 aromatic heterocycles. The summed E-state index contributed by atoms with van der Waals surface area (Å²) in [5.74, 6) is 0.968. The Morgan fingerprint density at radius 3 is 2.61 bits per heavy atom. The molecule has 0 spiro atoms. The quantitative estimate of drug-likeness (QED) is 0.763. The van der Waals surface area contributed by atoms with Crippen LogP contribution in [0.3, 0.4) is 0 Å². The Labute approximate surface area is 106 Å². The van der Waals surface area contributed by atoms with Crippen molar-refractivity contribution in [2.45, 2.75) is 46.5 Å². The number of hydrogen-bond acceptors (Lipinski definition) is 3. The lowest BCUT2D eigenvalue weighted by Gasteiger charge is -2.39. The molecule has 3 nitrogen and oxygen atoms in total. The van der Waals surface area contributed by atoms with E-state index in [-0.39, 0.29) is 17.1 Å². The second-order valence-corrected chi connectivity index (χ2v) is 5.82. The summed E-state index contributed by atoms with van der Waals surface area (Å²) in [7, 11) is 0. The van der Waals surface area contributed by atoms with Gasteiger partial charge in [0.05, 0.1) is 0 Å². The second-order valence-electron chi connectivity index (χ2n) is 5.82. The SMILES string of the molecule is CC1=C2c3oc(O)c(C)c3CCC2(C)CCC1=O. The molecule has 3 heteroatoms. The van der Waals surface area contributed by atoms with Gasteiger partial charge in [0, 0.05) is 23.1 Å². The maximum atomic E-state index is 11.9. The van der Waals surface area contributed by atoms with Gasteiger partial charge in [0.15, 0.2) is 5.78 Å². The molecular weight excluding hydrogens is 228 g/mol. The van der Waals surface area contributed by atoms with Gasteiger partial charge in [-0.15, -0.1) is 0 Å². The number of carbonyl (C=O) groups excluding carboxylic acids is 1. The zero-order chi connectivity index (χ0) is 13.1. The maximum absolute atomic E-state index is 11.9. The minimum Gasteiger partial charge on any atom is -0.480 e. The number of fused-ring (bicyclic) bond motifs is 3. The van der Waals surface area contributed by atoms with Gasteiger partial charge in [-0.05, 0) is 44.1 Å². The van der Waals surface area contributed by atoms with Gasteiger partial charge in [-0.2, -0.15) is 0 Å². The highest BCUT2D eigenvalue weighted by molar-refractivity contribution is 6.04. The zero-order valence-corrected chi connectivity index (χ0v) is 11.1. The molecule has 1 unspecified atom stereocenters. The zero-order valence-electron chi connectivity index (χ0n) is 11.1. The van der Waals surface area contributed by atoms with Crippen LogP contribution in [-0.4, -0.2) is 10.9 Å². The fourth-order valence-electron chi connectivity index (χ4n) is 3.43. The fraction of sp³-hybridized carbons (Fsp3) is 0.533. The van der Waals surface area contributed by atoms with Gasteiger partial charge in [-0.3, -0.25) is 4.79 Å². The van der Waals surface area contributed by atoms with E-state index < -0.39 is 0 Å². The molecule has 2 aliphatic carbocycles. The Balaban J connectivity index is 2.29. The summed E-state index contributed by atoms with van der Waals surface area (Å²) >= 11 is 0. The van der Waals surface area contributed by atoms with Gasteiger partial charge in [0.25, 0.3) is 5.95 Å². The van der Waals surface area contributed by atoms with E-state index in [4.69, 9.17) is 4.42 Å². The third-order valence-corrected chi connectivity index (χ3v) is 4.70. The number of rotatable bonds is 0. The monoisotopic (exact) mass is 246 g/mol. The van der Waals surface area contributed by atoms with Crippen LogP contribution in [0.1, 0.15) is 50.0 Å². The first-order valence-corrected chi connectivity index (χ1v) is 6.50. The van der Waals surface area contributed by atoms with Gasteiger partial charge >= 0.3 is 0 Å². The Morgan fingerprint density at radius 2 is 1.89 bits per heavy atom. The van der Waals surface area contributed by atoms with Crippen LogP contribution in [0.25, 0.3) is 5.57 Å². The van der Waals surface area contributed by atoms with Crippen LogP contribution in [0.4, 0.5) is 0 Å². The molecule has 0 fully saturated rings. The molecule has 1 aromatic rings. The van der Waals surface area contributed by atoms with Gasteiger partial charge in [-0.1, -0.05) is 6.92 Å². The number of Topliss-reactive ketones (excluding diaryl/α,β-unsaturated/α-hetero) is 1. The Morgan fingerprint density at radius 1 is 1.22 bits per heavy atom. The highest BCUT2D eigenvalue weighted by Gasteiger charge is 2.43. The van der Waals surface area contributed by atoms with E-state index in [1.807, 2.05) is 13.8 Å². The number of hydrogen-bond donors (Lipinski definition) is 1. The van der Waals surface area contributed by atoms with E-state index in [1.54, 1.807) is 0 Å². The maximum Gasteiger partial charge on any atom is 0.285 e. The van der Waals surface area contributed by atoms with Crippen LogP contribution in [0.5, 0.6) is 5.95 Å². The number of aromatic hydroxyl groups is 1. The normalized spacial score (nSPS) is 27.2. The smallest absolute Gasteiger partial charge is 0.285 e. The van der Waals surface area contributed by atoms with Crippen LogP contribution >= 0.6 is 0 Å². The van der Waals surface area contributed by atoms with Crippen molar-refractivity contribution in [3.8, 4) is 5.95 Å². The lowest BCUT2D eigenvalue weighted by atomic mass is 9.64. The van der Waals surface area contributed by atoms with Gasteiger partial charge in [0.1, 0.15) is 5.76 Å². The highest BCUT2D eigenvalue weighted by Crippen LogP contribution is 2.54. The van der Waals surface area contributed by atoms with Crippen LogP contribution in [-0.2, 0) is 11.2 Å². The van der Waals surface area contributed by atoms with Gasteiger partial charge in [0.2, 0.25) is 0 Å². The average molecular weight is 246 g/mol. The first-order valence-electron chi connectivity index (χ1n) is 6.50. The molecule has 3 rings (SSSR count). The summed E-state index contributed by atoms with van der Waals surface area (Å²) in [5, 5.41) is 9.76. The Hall–Kier alpha value is -1.51. The molecule has 1 atom stereocenters. The molecule has 96 valence electrons. The van der Waals surface area contributed by atoms with E-state index in [2.05, 4.69) is 6.92 Å². The number of furan rings is 1. The van der Waals surface area contributed by atoms with Crippen molar-refractivity contribution in [3.63, 3.8) is 0 Å². The van der Waals surface area contributed by atoms with E-state index in [9.17, 15) is 9.90 Å². The molecule has 1 N–H and O–H groups in total. The Kier molecular flexibility index (Phi) is 2.25. The Bertz CT molecular complexity index is 577. The topological polar surface area (TPSA) is 50.4 Å². The molecule has 0 aliphatic heterocycles. The largest absolute Gasteiger partial charge is 0.480 e. The van der Waals surface area contributed by atoms with Crippen LogP contribution in [0, 0.1) is 12.3 Å². The molecule has 0 bridgehead atoms. The first-order chi connectivity index (χ1) is 8.44. The lowest BCUT2D eigenvalue weighted by molar-refractivity contribution is -0.116. The summed E-state index contributed by atoms with van der Waals surface area (Å²) in [6, 6.07) is 0. The van der Waals surface area contributed by atoms with Crippen molar-refractivity contribution >= 4 is 11.4 Å². The number of ketones is 1. The molecule has 0 saturated carbocycles. The first kappa shape index (κ1) is 11.6. The van der Waals surface area contributed by atoms with Crippen molar-refractivity contribution in [2.24, 2.45) is 5.41 Å². The molecule has 0 saturated heterocycles. The fourth-order valence-corrected chi connectivity index (χ4v) is 3.43. The molecule has 2 aliphatic rings. The second kappa shape index (κ2) is 3.50. The standard InChI is InChI=1S/C15H18O3/c1-8-10-4-6-15(3)7-5-11(16)9(2)12(15)13(10)18-14(8)17/h17H,4-7H2,1-3H3. The van der Waals surface area contributed by atoms with Gasteiger partial charge < -0.3 is 9.52 Å². The van der Waals surface area contributed by atoms with E-state index in [0.29, 0.717) is 6.42 Å². The molecule has 0 radical (unpaired) electrons. The molecular formula is C15H18O3. The van der Waals surface area contributed by atoms with E-state index >= 15 is 0 Å². The van der Waals surface area contributed by atoms with Crippen molar-refractivity contribution in [1.29, 1.82) is 0 Å². The minimum atomic E-state index is 0.00238. The summed E-state index contributed by atoms with van der Waals surface area (Å²) < 4.78 is 5.54. The molecule has 0 amide bonds. The van der Waals surface area contributed by atoms with Crippen molar-refractivity contribution < 1.29 is 14.3 Å². The third kappa shape index (κ3) is 1.33. The summed E-state index contributed by atoms with van der Waals surface area (Å²) in [5.41, 5.74) is 3.78. The van der Waals surface area contributed by atoms with E-state index in [1.165, 1.54) is 0 Å². The lowest BCUT2D eigenvalue weighted by Crippen LogP contribution is -2.30.